The maximum Gasteiger partial charge on any atom is 0.0385 e. The normalized spacial score (nSPS) is 11.5. The lowest BCUT2D eigenvalue weighted by Gasteiger charge is -2.28. The second-order valence-corrected chi connectivity index (χ2v) is 11.9. The molecule has 0 spiro atoms. The number of allylic oxidation sites excluding steroid dienone is 1. The van der Waals surface area contributed by atoms with Crippen molar-refractivity contribution in [2.24, 2.45) is 11.8 Å². The van der Waals surface area contributed by atoms with E-state index in [1.165, 1.54) is 83.1 Å². The van der Waals surface area contributed by atoms with Gasteiger partial charge in [0.05, 0.1) is 0 Å². The minimum Gasteiger partial charge on any atom is -0.398 e. The molecule has 0 aliphatic heterocycles. The van der Waals surface area contributed by atoms with E-state index in [9.17, 15) is 0 Å². The average molecular weight is 519 g/mol. The van der Waals surface area contributed by atoms with Crippen molar-refractivity contribution in [2.75, 3.05) is 11.5 Å². The van der Waals surface area contributed by atoms with E-state index < -0.39 is 0 Å². The molecule has 4 N–H and O–H groups in total. The van der Waals surface area contributed by atoms with Gasteiger partial charge in [0.25, 0.3) is 0 Å². The van der Waals surface area contributed by atoms with Gasteiger partial charge in [-0.25, -0.2) is 0 Å². The first-order valence-electron chi connectivity index (χ1n) is 15.8. The van der Waals surface area contributed by atoms with Crippen LogP contribution < -0.4 is 11.5 Å². The number of hydrogen-bond donors (Lipinski definition) is 2. The summed E-state index contributed by atoms with van der Waals surface area (Å²) < 4.78 is 0. The molecular formula is C36H58N2. The number of anilines is 2. The van der Waals surface area contributed by atoms with Crippen LogP contribution >= 0.6 is 0 Å². The summed E-state index contributed by atoms with van der Waals surface area (Å²) in [6, 6.07) is 9.44. The van der Waals surface area contributed by atoms with E-state index in [1.807, 2.05) is 0 Å². The predicted octanol–water partition coefficient (Wildman–Crippen LogP) is 10.3. The minimum atomic E-state index is 0.435. The highest BCUT2D eigenvalue weighted by Crippen LogP contribution is 2.42. The third-order valence-corrected chi connectivity index (χ3v) is 8.13. The quantitative estimate of drug-likeness (QED) is 0.217. The molecule has 212 valence electrons. The summed E-state index contributed by atoms with van der Waals surface area (Å²) in [4.78, 5) is 0. The van der Waals surface area contributed by atoms with Crippen molar-refractivity contribution < 1.29 is 0 Å². The van der Waals surface area contributed by atoms with Crippen LogP contribution in [0.15, 0.2) is 29.8 Å². The maximum absolute atomic E-state index is 7.01. The minimum absolute atomic E-state index is 0.435. The van der Waals surface area contributed by atoms with Gasteiger partial charge >= 0.3 is 0 Å². The van der Waals surface area contributed by atoms with E-state index in [2.05, 4.69) is 79.7 Å². The van der Waals surface area contributed by atoms with Crippen LogP contribution in [0, 0.1) is 11.8 Å². The Morgan fingerprint density at radius 1 is 0.553 bits per heavy atom. The van der Waals surface area contributed by atoms with E-state index in [0.29, 0.717) is 11.8 Å². The largest absolute Gasteiger partial charge is 0.398 e. The average Bonchev–Trinajstić information content (AvgIpc) is 2.88. The Hall–Kier alpha value is -2.22. The van der Waals surface area contributed by atoms with Crippen LogP contribution in [0.5, 0.6) is 0 Å². The fraction of sp³-hybridized carbons (Fsp3) is 0.611. The van der Waals surface area contributed by atoms with Gasteiger partial charge in [-0.2, -0.15) is 0 Å². The summed E-state index contributed by atoms with van der Waals surface area (Å²) in [7, 11) is 0. The van der Waals surface area contributed by atoms with Crippen LogP contribution in [0.2, 0.25) is 0 Å². The molecule has 2 aromatic rings. The fourth-order valence-corrected chi connectivity index (χ4v) is 6.01. The second kappa shape index (κ2) is 16.0. The number of unbranched alkanes of at least 4 members (excludes halogenated alkanes) is 4. The highest BCUT2D eigenvalue weighted by molar-refractivity contribution is 5.89. The molecule has 0 radical (unpaired) electrons. The predicted molar refractivity (Wildman–Crippen MR) is 172 cm³/mol. The number of nitrogen functional groups attached to an aromatic ring is 2. The van der Waals surface area contributed by atoms with Crippen LogP contribution in [0.25, 0.3) is 5.57 Å². The van der Waals surface area contributed by atoms with Crippen LogP contribution in [0.1, 0.15) is 140 Å². The lowest BCUT2D eigenvalue weighted by Crippen LogP contribution is -2.13. The molecule has 0 amide bonds. The lowest BCUT2D eigenvalue weighted by molar-refractivity contribution is 0.628. The summed E-state index contributed by atoms with van der Waals surface area (Å²) in [5, 5.41) is 0. The van der Waals surface area contributed by atoms with Crippen molar-refractivity contribution in [2.45, 2.75) is 132 Å². The highest BCUT2D eigenvalue weighted by Gasteiger charge is 2.25. The van der Waals surface area contributed by atoms with E-state index in [0.717, 1.165) is 49.9 Å². The zero-order chi connectivity index (χ0) is 28.2. The summed E-state index contributed by atoms with van der Waals surface area (Å²) in [6.07, 6.45) is 13.5. The second-order valence-electron chi connectivity index (χ2n) is 11.9. The molecular weight excluding hydrogens is 460 g/mol. The van der Waals surface area contributed by atoms with Crippen molar-refractivity contribution in [3.63, 3.8) is 0 Å². The van der Waals surface area contributed by atoms with E-state index in [1.54, 1.807) is 0 Å². The van der Waals surface area contributed by atoms with Crippen molar-refractivity contribution in [1.82, 2.24) is 0 Å². The van der Waals surface area contributed by atoms with Gasteiger partial charge in [-0.1, -0.05) is 111 Å². The van der Waals surface area contributed by atoms with Crippen LogP contribution in [-0.2, 0) is 25.7 Å². The Morgan fingerprint density at radius 2 is 0.895 bits per heavy atom. The Bertz CT molecular complexity index is 960. The van der Waals surface area contributed by atoms with E-state index in [4.69, 9.17) is 11.5 Å². The molecule has 0 aliphatic rings. The van der Waals surface area contributed by atoms with Crippen molar-refractivity contribution in [3.05, 3.63) is 63.2 Å². The first kappa shape index (κ1) is 32.0. The monoisotopic (exact) mass is 518 g/mol. The lowest BCUT2D eigenvalue weighted by atomic mass is 9.77. The molecule has 2 rings (SSSR count). The number of nitrogens with two attached hydrogens (primary N) is 2. The molecule has 0 unspecified atom stereocenters. The SMILES string of the molecule is CCCCc1ccc(C(=C(C(C)C)C(C)C)c2ccc(CCCC)c(N)c2CCCC)c(CCCC)c1N. The summed E-state index contributed by atoms with van der Waals surface area (Å²) in [6.45, 7) is 18.5. The number of aryl methyl sites for hydroxylation is 2. The molecule has 2 nitrogen and oxygen atoms in total. The van der Waals surface area contributed by atoms with Crippen LogP contribution in [0.4, 0.5) is 11.4 Å². The first-order chi connectivity index (χ1) is 18.2. The zero-order valence-electron chi connectivity index (χ0n) is 26.1. The van der Waals surface area contributed by atoms with E-state index in [-0.39, 0.29) is 0 Å². The number of hydrogen-bond acceptors (Lipinski definition) is 2. The summed E-state index contributed by atoms with van der Waals surface area (Å²) in [5.41, 5.74) is 27.0. The van der Waals surface area contributed by atoms with Crippen LogP contribution in [0.3, 0.4) is 0 Å². The van der Waals surface area contributed by atoms with Gasteiger partial charge in [0, 0.05) is 11.4 Å². The van der Waals surface area contributed by atoms with Crippen LogP contribution in [-0.4, -0.2) is 0 Å². The summed E-state index contributed by atoms with van der Waals surface area (Å²) >= 11 is 0. The Balaban J connectivity index is 2.97. The van der Waals surface area contributed by atoms with Gasteiger partial charge in [-0.05, 0) is 102 Å². The van der Waals surface area contributed by atoms with Crippen molar-refractivity contribution in [1.29, 1.82) is 0 Å². The molecule has 0 aromatic heterocycles. The molecule has 0 bridgehead atoms. The van der Waals surface area contributed by atoms with Gasteiger partial charge in [-0.15, -0.1) is 0 Å². The number of benzene rings is 2. The zero-order valence-corrected chi connectivity index (χ0v) is 26.1. The topological polar surface area (TPSA) is 52.0 Å². The standard InChI is InChI=1S/C36H58N2/c1-9-13-17-27-21-23-29(31(35(27)37)19-15-11-3)34(33(25(5)6)26(7)8)30-24-22-28(18-14-10-2)36(38)32(30)20-16-12-4/h21-26H,9-20,37-38H2,1-8H3. The number of rotatable bonds is 16. The molecule has 0 fully saturated rings. The summed E-state index contributed by atoms with van der Waals surface area (Å²) in [5.74, 6) is 0.870. The fourth-order valence-electron chi connectivity index (χ4n) is 6.01. The molecule has 0 saturated carbocycles. The molecule has 38 heavy (non-hydrogen) atoms. The van der Waals surface area contributed by atoms with Gasteiger partial charge in [-0.3, -0.25) is 0 Å². The van der Waals surface area contributed by atoms with Gasteiger partial charge in [0.1, 0.15) is 0 Å². The Labute approximate surface area is 235 Å². The van der Waals surface area contributed by atoms with Crippen molar-refractivity contribution >= 4 is 16.9 Å². The third-order valence-electron chi connectivity index (χ3n) is 8.13. The maximum atomic E-state index is 7.01. The van der Waals surface area contributed by atoms with Gasteiger partial charge in [0.2, 0.25) is 0 Å². The molecule has 0 heterocycles. The first-order valence-corrected chi connectivity index (χ1v) is 15.8. The Morgan fingerprint density at radius 3 is 1.21 bits per heavy atom. The third kappa shape index (κ3) is 7.90. The molecule has 0 aliphatic carbocycles. The highest BCUT2D eigenvalue weighted by atomic mass is 14.6. The molecule has 2 aromatic carbocycles. The molecule has 0 atom stereocenters. The molecule has 0 saturated heterocycles. The smallest absolute Gasteiger partial charge is 0.0385 e. The van der Waals surface area contributed by atoms with E-state index >= 15 is 0 Å². The van der Waals surface area contributed by atoms with Gasteiger partial charge in [0.15, 0.2) is 0 Å². The van der Waals surface area contributed by atoms with Gasteiger partial charge < -0.3 is 11.5 Å². The molecule has 2 heteroatoms. The van der Waals surface area contributed by atoms with Crippen molar-refractivity contribution in [3.8, 4) is 0 Å². The Kier molecular flexibility index (Phi) is 13.5.